The summed E-state index contributed by atoms with van der Waals surface area (Å²) in [5.74, 6) is -1.97. The minimum absolute atomic E-state index is 0.0512. The number of esters is 2. The minimum atomic E-state index is -0.976. The van der Waals surface area contributed by atoms with Gasteiger partial charge in [0.25, 0.3) is 0 Å². The molecule has 0 unspecified atom stereocenters. The molecule has 218 valence electrons. The Morgan fingerprint density at radius 3 is 1.33 bits per heavy atom. The van der Waals surface area contributed by atoms with Gasteiger partial charge in [0.05, 0.1) is 22.7 Å². The van der Waals surface area contributed by atoms with Crippen molar-refractivity contribution < 1.29 is 19.1 Å². The SMILES string of the molecule is O=C1OC(=O)[C@H]2[C@@H]3C=C[C@H]([C@@H]12)[C@@H]1[C@@H]3[C@@H]2[C@H]1[C@@]1(c3ccccc3)C(=O)[C@@]2(c2ccccc2)C(c2ccncc2)=C1c1ccncc1. The van der Waals surface area contributed by atoms with Gasteiger partial charge in [-0.05, 0) is 93.2 Å². The maximum atomic E-state index is 16.1. The van der Waals surface area contributed by atoms with E-state index in [2.05, 4.69) is 46.4 Å². The number of allylic oxidation sites excluding steroid dienone is 4. The van der Waals surface area contributed by atoms with E-state index in [0.717, 1.165) is 33.4 Å². The number of pyridine rings is 2. The van der Waals surface area contributed by atoms with Crippen LogP contribution in [0, 0.1) is 47.3 Å². The van der Waals surface area contributed by atoms with Crippen molar-refractivity contribution in [1.82, 2.24) is 9.97 Å². The minimum Gasteiger partial charge on any atom is -0.393 e. The number of Topliss-reactive ketones (excluding diaryl/α,β-unsaturated/α-hetero) is 1. The van der Waals surface area contributed by atoms with E-state index in [0.29, 0.717) is 0 Å². The zero-order chi connectivity index (χ0) is 30.1. The number of carbonyl (C=O) groups excluding carboxylic acids is 3. The van der Waals surface area contributed by atoms with Gasteiger partial charge in [0, 0.05) is 24.8 Å². The van der Waals surface area contributed by atoms with Crippen LogP contribution in [0.5, 0.6) is 0 Å². The van der Waals surface area contributed by atoms with Crippen LogP contribution in [0.3, 0.4) is 0 Å². The Bertz CT molecular complexity index is 1850. The molecule has 1 saturated heterocycles. The molecule has 2 aromatic heterocycles. The normalized spacial score (nSPS) is 38.1. The first-order chi connectivity index (χ1) is 22.1. The molecular weight excluding hydrogens is 560 g/mol. The summed E-state index contributed by atoms with van der Waals surface area (Å²) >= 11 is 0. The Morgan fingerprint density at radius 1 is 0.533 bits per heavy atom. The Kier molecular flexibility index (Phi) is 4.85. The van der Waals surface area contributed by atoms with Gasteiger partial charge >= 0.3 is 11.9 Å². The summed E-state index contributed by atoms with van der Waals surface area (Å²) in [5.41, 5.74) is 3.98. The first-order valence-corrected chi connectivity index (χ1v) is 15.8. The van der Waals surface area contributed by atoms with Gasteiger partial charge in [0.2, 0.25) is 0 Å². The number of carbonyl (C=O) groups is 3. The number of cyclic esters (lactones) is 2. The highest BCUT2D eigenvalue weighted by atomic mass is 16.6. The lowest BCUT2D eigenvalue weighted by Gasteiger charge is -2.68. The summed E-state index contributed by atoms with van der Waals surface area (Å²) in [6, 6.07) is 28.6. The van der Waals surface area contributed by atoms with Gasteiger partial charge in [-0.3, -0.25) is 24.4 Å². The van der Waals surface area contributed by atoms with Crippen LogP contribution in [-0.2, 0) is 30.0 Å². The van der Waals surface area contributed by atoms with E-state index in [9.17, 15) is 9.59 Å². The Morgan fingerprint density at radius 2 is 0.933 bits per heavy atom. The molecule has 2 aromatic carbocycles. The predicted molar refractivity (Wildman–Crippen MR) is 165 cm³/mol. The molecule has 6 nitrogen and oxygen atoms in total. The summed E-state index contributed by atoms with van der Waals surface area (Å²) in [6.45, 7) is 0. The molecule has 6 aliphatic carbocycles. The van der Waals surface area contributed by atoms with Crippen molar-refractivity contribution in [2.45, 2.75) is 10.8 Å². The van der Waals surface area contributed by atoms with Crippen molar-refractivity contribution in [2.24, 2.45) is 47.3 Å². The van der Waals surface area contributed by atoms with Gasteiger partial charge in [-0.1, -0.05) is 72.8 Å². The summed E-state index contributed by atoms with van der Waals surface area (Å²) in [4.78, 5) is 51.2. The van der Waals surface area contributed by atoms with Gasteiger partial charge in [0.15, 0.2) is 5.78 Å². The number of benzene rings is 2. The van der Waals surface area contributed by atoms with Crippen LogP contribution in [0.15, 0.2) is 122 Å². The molecule has 0 amide bonds. The average molecular weight is 589 g/mol. The highest BCUT2D eigenvalue weighted by molar-refractivity contribution is 6.30. The lowest BCUT2D eigenvalue weighted by molar-refractivity contribution is -0.167. The second-order valence-electron chi connectivity index (χ2n) is 13.4. The van der Waals surface area contributed by atoms with Gasteiger partial charge in [0.1, 0.15) is 0 Å². The number of rotatable bonds is 4. The molecule has 3 saturated carbocycles. The number of hydrogen-bond acceptors (Lipinski definition) is 6. The van der Waals surface area contributed by atoms with Crippen molar-refractivity contribution >= 4 is 28.9 Å². The average Bonchev–Trinajstić information content (AvgIpc) is 3.60. The summed E-state index contributed by atoms with van der Waals surface area (Å²) in [7, 11) is 0. The standard InChI is InChI=1S/C39H28N2O4/c42-35-29-25-11-12-26(30(29)36(43)45-35)28-27(25)33-34(28)39(24-9-5-2-6-10-24)32(22-15-19-41-20-16-22)31(21-13-17-40-18-14-21)38(33,37(39)44)23-7-3-1-4-8-23/h1-20,25-30,33-34H/t25-,26+,27-,28-,29+,30-,33-,34+,38+,39+/m1/s1. The van der Waals surface area contributed by atoms with Gasteiger partial charge < -0.3 is 4.74 Å². The summed E-state index contributed by atoms with van der Waals surface area (Å²) in [6.07, 6.45) is 11.5. The van der Waals surface area contributed by atoms with Crippen LogP contribution < -0.4 is 0 Å². The molecule has 7 aliphatic rings. The van der Waals surface area contributed by atoms with Crippen LogP contribution in [0.25, 0.3) is 11.1 Å². The lowest BCUT2D eigenvalue weighted by atomic mass is 9.33. The molecule has 0 radical (unpaired) electrons. The van der Waals surface area contributed by atoms with Gasteiger partial charge in [-0.2, -0.15) is 0 Å². The quantitative estimate of drug-likeness (QED) is 0.179. The van der Waals surface area contributed by atoms with Crippen LogP contribution in [-0.4, -0.2) is 27.7 Å². The maximum Gasteiger partial charge on any atom is 0.318 e. The van der Waals surface area contributed by atoms with Crippen molar-refractivity contribution in [1.29, 1.82) is 0 Å². The second-order valence-corrected chi connectivity index (χ2v) is 13.4. The fourth-order valence-electron chi connectivity index (χ4n) is 11.2. The smallest absolute Gasteiger partial charge is 0.318 e. The van der Waals surface area contributed by atoms with E-state index in [1.54, 1.807) is 24.8 Å². The Balaban J connectivity index is 1.36. The molecule has 45 heavy (non-hydrogen) atoms. The fraction of sp³-hybridized carbons (Fsp3) is 0.256. The monoisotopic (exact) mass is 588 g/mol. The summed E-state index contributed by atoms with van der Waals surface area (Å²) < 4.78 is 5.32. The third-order valence-electron chi connectivity index (χ3n) is 12.2. The van der Waals surface area contributed by atoms with E-state index < -0.39 is 34.6 Å². The molecule has 11 rings (SSSR count). The molecule has 1 aliphatic heterocycles. The second kappa shape index (κ2) is 8.60. The van der Waals surface area contributed by atoms with Crippen LogP contribution in [0.2, 0.25) is 0 Å². The largest absolute Gasteiger partial charge is 0.393 e. The van der Waals surface area contributed by atoms with Crippen LogP contribution in [0.1, 0.15) is 22.3 Å². The maximum absolute atomic E-state index is 16.1. The van der Waals surface area contributed by atoms with E-state index in [1.165, 1.54) is 0 Å². The lowest BCUT2D eigenvalue weighted by Crippen LogP contribution is -2.67. The van der Waals surface area contributed by atoms with Crippen LogP contribution >= 0.6 is 0 Å². The molecule has 4 bridgehead atoms. The molecule has 4 aromatic rings. The third-order valence-corrected chi connectivity index (χ3v) is 12.2. The first kappa shape index (κ1) is 25.4. The number of ketones is 1. The molecule has 0 N–H and O–H groups in total. The van der Waals surface area contributed by atoms with Gasteiger partial charge in [-0.15, -0.1) is 0 Å². The van der Waals surface area contributed by atoms with Crippen molar-refractivity contribution in [3.05, 3.63) is 144 Å². The Hall–Kier alpha value is -4.97. The van der Waals surface area contributed by atoms with Crippen LogP contribution in [0.4, 0.5) is 0 Å². The van der Waals surface area contributed by atoms with Gasteiger partial charge in [-0.25, -0.2) is 0 Å². The number of ether oxygens (including phenoxy) is 1. The van der Waals surface area contributed by atoms with Crippen molar-refractivity contribution in [3.63, 3.8) is 0 Å². The zero-order valence-corrected chi connectivity index (χ0v) is 24.2. The highest BCUT2D eigenvalue weighted by Crippen LogP contribution is 2.84. The number of aromatic nitrogens is 2. The Labute approximate surface area is 259 Å². The van der Waals surface area contributed by atoms with E-state index in [-0.39, 0.29) is 41.3 Å². The van der Waals surface area contributed by atoms with E-state index in [1.807, 2.05) is 60.7 Å². The molecule has 3 heterocycles. The molecule has 6 heteroatoms. The topological polar surface area (TPSA) is 86.2 Å². The number of nitrogens with zero attached hydrogens (tertiary/aromatic N) is 2. The summed E-state index contributed by atoms with van der Waals surface area (Å²) in [5, 5.41) is 0. The zero-order valence-electron chi connectivity index (χ0n) is 24.2. The van der Waals surface area contributed by atoms with Crippen molar-refractivity contribution in [3.8, 4) is 0 Å². The van der Waals surface area contributed by atoms with Crippen molar-refractivity contribution in [2.75, 3.05) is 0 Å². The van der Waals surface area contributed by atoms with E-state index in [4.69, 9.17) is 4.74 Å². The highest BCUT2D eigenvalue weighted by Gasteiger charge is 2.86. The predicted octanol–water partition coefficient (Wildman–Crippen LogP) is 5.47. The molecule has 10 atom stereocenters. The molecule has 4 fully saturated rings. The first-order valence-electron chi connectivity index (χ1n) is 15.8. The molecule has 0 spiro atoms. The number of hydrogen-bond donors (Lipinski definition) is 0. The number of fused-ring (bicyclic) bond motifs is 5. The third kappa shape index (κ3) is 2.73. The fourth-order valence-corrected chi connectivity index (χ4v) is 11.2. The molecular formula is C39H28N2O4. The van der Waals surface area contributed by atoms with E-state index >= 15 is 4.79 Å².